The van der Waals surface area contributed by atoms with E-state index in [2.05, 4.69) is 0 Å². The molecule has 0 spiro atoms. The average molecular weight is 194 g/mol. The quantitative estimate of drug-likeness (QED) is 0.714. The van der Waals surface area contributed by atoms with Crippen LogP contribution in [0.15, 0.2) is 18.2 Å². The zero-order valence-corrected chi connectivity index (χ0v) is 8.57. The molecule has 76 valence electrons. The second-order valence-electron chi connectivity index (χ2n) is 3.19. The Labute approximate surface area is 83.3 Å². The standard InChI is InChI=1S/C10H14N2O2/c1-12(2)10(13)7-4-8(11)6-9(5-7)14-3/h4-6H,11H2,1-3H3. The first-order valence-corrected chi connectivity index (χ1v) is 4.21. The fraction of sp³-hybridized carbons (Fsp3) is 0.300. The number of ether oxygens (including phenoxy) is 1. The second kappa shape index (κ2) is 4.00. The van der Waals surface area contributed by atoms with Gasteiger partial charge in [0.2, 0.25) is 0 Å². The first-order valence-electron chi connectivity index (χ1n) is 4.21. The molecule has 0 fully saturated rings. The molecule has 1 amide bonds. The summed E-state index contributed by atoms with van der Waals surface area (Å²) < 4.78 is 5.01. The van der Waals surface area contributed by atoms with Crippen LogP contribution in [0.5, 0.6) is 5.75 Å². The topological polar surface area (TPSA) is 55.6 Å². The highest BCUT2D eigenvalue weighted by atomic mass is 16.5. The van der Waals surface area contributed by atoms with E-state index in [0.29, 0.717) is 17.0 Å². The Kier molecular flexibility index (Phi) is 2.96. The van der Waals surface area contributed by atoms with Crippen LogP contribution in [0.1, 0.15) is 10.4 Å². The molecule has 1 aromatic rings. The van der Waals surface area contributed by atoms with E-state index in [1.165, 1.54) is 4.90 Å². The molecule has 0 aromatic heterocycles. The lowest BCUT2D eigenvalue weighted by Crippen LogP contribution is -2.21. The van der Waals surface area contributed by atoms with Crippen LogP contribution < -0.4 is 10.5 Å². The number of hydrogen-bond donors (Lipinski definition) is 1. The van der Waals surface area contributed by atoms with Gasteiger partial charge in [-0.2, -0.15) is 0 Å². The Hall–Kier alpha value is -1.71. The van der Waals surface area contributed by atoms with Crippen LogP contribution in [-0.4, -0.2) is 32.0 Å². The largest absolute Gasteiger partial charge is 0.497 e. The molecule has 0 saturated carbocycles. The molecule has 0 saturated heterocycles. The molecule has 0 aliphatic rings. The van der Waals surface area contributed by atoms with Crippen LogP contribution in [0.4, 0.5) is 5.69 Å². The number of hydrogen-bond acceptors (Lipinski definition) is 3. The maximum Gasteiger partial charge on any atom is 0.253 e. The van der Waals surface area contributed by atoms with Crippen molar-refractivity contribution >= 4 is 11.6 Å². The van der Waals surface area contributed by atoms with E-state index in [-0.39, 0.29) is 5.91 Å². The lowest BCUT2D eigenvalue weighted by Gasteiger charge is -2.11. The number of methoxy groups -OCH3 is 1. The summed E-state index contributed by atoms with van der Waals surface area (Å²) in [4.78, 5) is 13.1. The van der Waals surface area contributed by atoms with E-state index in [9.17, 15) is 4.79 Å². The Morgan fingerprint density at radius 1 is 1.36 bits per heavy atom. The molecule has 0 aliphatic heterocycles. The van der Waals surface area contributed by atoms with Crippen molar-refractivity contribution in [2.24, 2.45) is 0 Å². The van der Waals surface area contributed by atoms with Gasteiger partial charge in [0.15, 0.2) is 0 Å². The van der Waals surface area contributed by atoms with Gasteiger partial charge in [0.05, 0.1) is 7.11 Å². The van der Waals surface area contributed by atoms with Crippen molar-refractivity contribution in [2.45, 2.75) is 0 Å². The van der Waals surface area contributed by atoms with Gasteiger partial charge in [-0.15, -0.1) is 0 Å². The van der Waals surface area contributed by atoms with Gasteiger partial charge in [-0.05, 0) is 12.1 Å². The Morgan fingerprint density at radius 2 is 2.00 bits per heavy atom. The molecule has 2 N–H and O–H groups in total. The van der Waals surface area contributed by atoms with Gasteiger partial charge >= 0.3 is 0 Å². The first-order chi connectivity index (χ1) is 6.54. The van der Waals surface area contributed by atoms with Crippen molar-refractivity contribution in [2.75, 3.05) is 26.9 Å². The molecule has 0 unspecified atom stereocenters. The number of amides is 1. The second-order valence-corrected chi connectivity index (χ2v) is 3.19. The molecule has 0 heterocycles. The highest BCUT2D eigenvalue weighted by Crippen LogP contribution is 2.19. The van der Waals surface area contributed by atoms with Gasteiger partial charge in [0.1, 0.15) is 5.75 Å². The van der Waals surface area contributed by atoms with E-state index >= 15 is 0 Å². The van der Waals surface area contributed by atoms with E-state index in [1.54, 1.807) is 39.4 Å². The minimum Gasteiger partial charge on any atom is -0.497 e. The van der Waals surface area contributed by atoms with Crippen LogP contribution in [0.3, 0.4) is 0 Å². The minimum atomic E-state index is -0.0874. The minimum absolute atomic E-state index is 0.0874. The molecule has 0 aliphatic carbocycles. The maximum atomic E-state index is 11.6. The molecule has 1 rings (SSSR count). The zero-order valence-electron chi connectivity index (χ0n) is 8.57. The van der Waals surface area contributed by atoms with Crippen LogP contribution in [0.25, 0.3) is 0 Å². The lowest BCUT2D eigenvalue weighted by atomic mass is 10.1. The Bertz CT molecular complexity index is 348. The van der Waals surface area contributed by atoms with Gasteiger partial charge < -0.3 is 15.4 Å². The summed E-state index contributed by atoms with van der Waals surface area (Å²) in [5.41, 5.74) is 6.68. The third kappa shape index (κ3) is 2.16. The van der Waals surface area contributed by atoms with Gasteiger partial charge in [-0.3, -0.25) is 4.79 Å². The number of carbonyl (C=O) groups excluding carboxylic acids is 1. The number of anilines is 1. The maximum absolute atomic E-state index is 11.6. The summed E-state index contributed by atoms with van der Waals surface area (Å²) in [5.74, 6) is 0.505. The third-order valence-corrected chi connectivity index (χ3v) is 1.82. The van der Waals surface area contributed by atoms with Crippen molar-refractivity contribution < 1.29 is 9.53 Å². The van der Waals surface area contributed by atoms with Crippen molar-refractivity contribution in [3.63, 3.8) is 0 Å². The summed E-state index contributed by atoms with van der Waals surface area (Å²) in [7, 11) is 4.93. The predicted molar refractivity (Wildman–Crippen MR) is 55.4 cm³/mol. The van der Waals surface area contributed by atoms with E-state index < -0.39 is 0 Å². The van der Waals surface area contributed by atoms with Gasteiger partial charge in [-0.1, -0.05) is 0 Å². The number of rotatable bonds is 2. The van der Waals surface area contributed by atoms with Crippen molar-refractivity contribution in [3.8, 4) is 5.75 Å². The Balaban J connectivity index is 3.09. The lowest BCUT2D eigenvalue weighted by molar-refractivity contribution is 0.0827. The van der Waals surface area contributed by atoms with Gasteiger partial charge in [0.25, 0.3) is 5.91 Å². The van der Waals surface area contributed by atoms with E-state index in [4.69, 9.17) is 10.5 Å². The molecule has 0 atom stereocenters. The first kappa shape index (κ1) is 10.4. The van der Waals surface area contributed by atoms with Crippen molar-refractivity contribution in [1.29, 1.82) is 0 Å². The fourth-order valence-corrected chi connectivity index (χ4v) is 1.12. The molecule has 0 radical (unpaired) electrons. The monoisotopic (exact) mass is 194 g/mol. The highest BCUT2D eigenvalue weighted by Gasteiger charge is 2.09. The highest BCUT2D eigenvalue weighted by molar-refractivity contribution is 5.95. The zero-order chi connectivity index (χ0) is 10.7. The Morgan fingerprint density at radius 3 is 2.50 bits per heavy atom. The predicted octanol–water partition coefficient (Wildman–Crippen LogP) is 0.979. The smallest absolute Gasteiger partial charge is 0.253 e. The molecule has 1 aromatic carbocycles. The summed E-state index contributed by atoms with van der Waals surface area (Å²) in [6, 6.07) is 4.97. The van der Waals surface area contributed by atoms with E-state index in [0.717, 1.165) is 0 Å². The SMILES string of the molecule is COc1cc(N)cc(C(=O)N(C)C)c1. The molecular formula is C10H14N2O2. The molecule has 14 heavy (non-hydrogen) atoms. The number of carbonyl (C=O) groups is 1. The molecular weight excluding hydrogens is 180 g/mol. The van der Waals surface area contributed by atoms with Gasteiger partial charge in [0, 0.05) is 31.4 Å². The van der Waals surface area contributed by atoms with Crippen LogP contribution in [0.2, 0.25) is 0 Å². The van der Waals surface area contributed by atoms with Crippen LogP contribution >= 0.6 is 0 Å². The summed E-state index contributed by atoms with van der Waals surface area (Å²) in [6.45, 7) is 0. The van der Waals surface area contributed by atoms with Crippen LogP contribution in [-0.2, 0) is 0 Å². The van der Waals surface area contributed by atoms with E-state index in [1.807, 2.05) is 0 Å². The normalized spacial score (nSPS) is 9.64. The summed E-state index contributed by atoms with van der Waals surface area (Å²) in [5, 5.41) is 0. The van der Waals surface area contributed by atoms with Gasteiger partial charge in [-0.25, -0.2) is 0 Å². The molecule has 0 bridgehead atoms. The number of nitrogen functional groups attached to an aromatic ring is 1. The summed E-state index contributed by atoms with van der Waals surface area (Å²) in [6.07, 6.45) is 0. The molecule has 4 heteroatoms. The summed E-state index contributed by atoms with van der Waals surface area (Å²) >= 11 is 0. The van der Waals surface area contributed by atoms with Crippen molar-refractivity contribution in [3.05, 3.63) is 23.8 Å². The number of nitrogens with two attached hydrogens (primary N) is 1. The third-order valence-electron chi connectivity index (χ3n) is 1.82. The molecule has 4 nitrogen and oxygen atoms in total. The van der Waals surface area contributed by atoms with Crippen LogP contribution in [0, 0.1) is 0 Å². The number of benzene rings is 1. The fourth-order valence-electron chi connectivity index (χ4n) is 1.12. The van der Waals surface area contributed by atoms with Crippen molar-refractivity contribution in [1.82, 2.24) is 4.90 Å². The average Bonchev–Trinajstić information content (AvgIpc) is 2.15. The number of nitrogens with zero attached hydrogens (tertiary/aromatic N) is 1.